The Morgan fingerprint density at radius 1 is 1.19 bits per heavy atom. The number of halogens is 3. The van der Waals surface area contributed by atoms with E-state index in [0.29, 0.717) is 18.7 Å². The lowest BCUT2D eigenvalue weighted by Crippen LogP contribution is -2.27. The third-order valence-corrected chi connectivity index (χ3v) is 5.04. The molecule has 0 saturated carbocycles. The molecule has 144 valence electrons. The van der Waals surface area contributed by atoms with Crippen molar-refractivity contribution in [2.75, 3.05) is 5.32 Å². The molecule has 0 atom stereocenters. The maximum absolute atomic E-state index is 12.6. The fourth-order valence-electron chi connectivity index (χ4n) is 2.70. The Morgan fingerprint density at radius 3 is 2.56 bits per heavy atom. The van der Waals surface area contributed by atoms with Crippen molar-refractivity contribution in [1.82, 2.24) is 19.1 Å². The normalized spacial score (nSPS) is 12.0. The Kier molecular flexibility index (Phi) is 5.40. The van der Waals surface area contributed by atoms with Crippen molar-refractivity contribution in [2.24, 2.45) is 7.05 Å². The van der Waals surface area contributed by atoms with E-state index >= 15 is 0 Å². The molecule has 2 aromatic heterocycles. The molecule has 3 aromatic rings. The second kappa shape index (κ2) is 7.31. The minimum Gasteiger partial charge on any atom is -0.390 e. The molecule has 27 heavy (non-hydrogen) atoms. The second-order valence-corrected chi connectivity index (χ2v) is 7.90. The summed E-state index contributed by atoms with van der Waals surface area (Å²) in [6.07, 6.45) is 0.437. The number of hydrogen-bond donors (Lipinski definition) is 2. The Morgan fingerprint density at radius 2 is 1.89 bits per heavy atom. The van der Waals surface area contributed by atoms with E-state index in [1.54, 1.807) is 42.2 Å². The van der Waals surface area contributed by atoms with Crippen molar-refractivity contribution in [3.63, 3.8) is 0 Å². The molecule has 2 N–H and O–H groups in total. The monoisotopic (exact) mass is 429 g/mol. The first-order valence-corrected chi connectivity index (χ1v) is 9.27. The summed E-state index contributed by atoms with van der Waals surface area (Å²) in [6, 6.07) is 5.42. The van der Waals surface area contributed by atoms with Crippen molar-refractivity contribution < 1.29 is 5.11 Å². The third-order valence-electron chi connectivity index (χ3n) is 4.14. The quantitative estimate of drug-likeness (QED) is 0.472. The number of aliphatic hydroxyl groups is 1. The van der Waals surface area contributed by atoms with Gasteiger partial charge in [0.2, 0.25) is 5.28 Å². The zero-order valence-electron chi connectivity index (χ0n) is 14.9. The van der Waals surface area contributed by atoms with Crippen LogP contribution in [0.1, 0.15) is 20.3 Å². The van der Waals surface area contributed by atoms with Crippen LogP contribution < -0.4 is 11.0 Å². The van der Waals surface area contributed by atoms with Crippen LogP contribution in [0.4, 0.5) is 11.5 Å². The largest absolute Gasteiger partial charge is 0.390 e. The molecule has 2 heterocycles. The zero-order chi connectivity index (χ0) is 19.9. The number of fused-ring (bicyclic) bond motifs is 1. The van der Waals surface area contributed by atoms with E-state index in [1.807, 2.05) is 6.07 Å². The number of benzene rings is 1. The molecule has 3 rings (SSSR count). The fourth-order valence-corrected chi connectivity index (χ4v) is 3.22. The van der Waals surface area contributed by atoms with E-state index in [1.165, 1.54) is 0 Å². The van der Waals surface area contributed by atoms with Gasteiger partial charge < -0.3 is 10.4 Å². The summed E-state index contributed by atoms with van der Waals surface area (Å²) in [6.45, 7) is 3.80. The number of aryl methyl sites for hydroxylation is 2. The number of nitrogens with zero attached hydrogens (tertiary/aromatic N) is 4. The summed E-state index contributed by atoms with van der Waals surface area (Å²) in [5, 5.41) is 13.2. The van der Waals surface area contributed by atoms with Gasteiger partial charge >= 0.3 is 5.69 Å². The first-order valence-electron chi connectivity index (χ1n) is 8.14. The summed E-state index contributed by atoms with van der Waals surface area (Å²) in [5.41, 5.74) is 1.11. The molecular weight excluding hydrogens is 413 g/mol. The number of aromatic nitrogens is 4. The predicted octanol–water partition coefficient (Wildman–Crippen LogP) is 3.99. The van der Waals surface area contributed by atoms with Crippen molar-refractivity contribution in [3.05, 3.63) is 44.1 Å². The minimum absolute atomic E-state index is 0.0326. The number of nitrogens with one attached hydrogen (secondary N) is 1. The predicted molar refractivity (Wildman–Crippen MR) is 108 cm³/mol. The van der Waals surface area contributed by atoms with Gasteiger partial charge in [-0.25, -0.2) is 9.78 Å². The SMILES string of the molecule is Cn1c(=O)n(CCC(C)(C)O)c2cc(Nc3nc(Cl)nc(Cl)c3Cl)ccc21. The number of rotatable bonds is 5. The van der Waals surface area contributed by atoms with Crippen LogP contribution in [-0.2, 0) is 13.6 Å². The van der Waals surface area contributed by atoms with Crippen LogP contribution in [0.2, 0.25) is 15.5 Å². The fraction of sp³-hybridized carbons (Fsp3) is 0.353. The third kappa shape index (κ3) is 4.21. The average molecular weight is 431 g/mol. The van der Waals surface area contributed by atoms with Crippen LogP contribution in [0, 0.1) is 0 Å². The van der Waals surface area contributed by atoms with E-state index < -0.39 is 5.60 Å². The van der Waals surface area contributed by atoms with Crippen LogP contribution in [0.3, 0.4) is 0 Å². The molecular formula is C17H18Cl3N5O2. The molecule has 0 aliphatic carbocycles. The van der Waals surface area contributed by atoms with Crippen LogP contribution in [0.25, 0.3) is 11.0 Å². The highest BCUT2D eigenvalue weighted by atomic mass is 35.5. The standard InChI is InChI=1S/C17H18Cl3N5O2/c1-17(2,27)6-7-25-11-8-9(4-5-10(11)24(3)16(25)26)21-14-12(18)13(19)22-15(20)23-14/h4-5,8,27H,6-7H2,1-3H3,(H,21,22,23). The van der Waals surface area contributed by atoms with E-state index in [4.69, 9.17) is 34.8 Å². The molecule has 0 radical (unpaired) electrons. The minimum atomic E-state index is -0.876. The maximum atomic E-state index is 12.6. The summed E-state index contributed by atoms with van der Waals surface area (Å²) in [4.78, 5) is 20.4. The van der Waals surface area contributed by atoms with Gasteiger partial charge in [0.15, 0.2) is 11.0 Å². The molecule has 0 unspecified atom stereocenters. The smallest absolute Gasteiger partial charge is 0.328 e. The lowest BCUT2D eigenvalue weighted by Gasteiger charge is -2.17. The van der Waals surface area contributed by atoms with Crippen molar-refractivity contribution in [1.29, 1.82) is 0 Å². The summed E-state index contributed by atoms with van der Waals surface area (Å²) < 4.78 is 3.19. The van der Waals surface area contributed by atoms with Gasteiger partial charge in [-0.05, 0) is 50.1 Å². The molecule has 0 aliphatic rings. The Hall–Kier alpha value is -1.80. The van der Waals surface area contributed by atoms with Gasteiger partial charge in [0, 0.05) is 19.3 Å². The first kappa shape index (κ1) is 19.9. The average Bonchev–Trinajstić information content (AvgIpc) is 2.80. The van der Waals surface area contributed by atoms with Crippen LogP contribution >= 0.6 is 34.8 Å². The lowest BCUT2D eigenvalue weighted by molar-refractivity contribution is 0.0662. The van der Waals surface area contributed by atoms with Gasteiger partial charge in [-0.3, -0.25) is 9.13 Å². The zero-order valence-corrected chi connectivity index (χ0v) is 17.2. The van der Waals surface area contributed by atoms with Crippen LogP contribution in [-0.4, -0.2) is 29.8 Å². The summed E-state index contributed by atoms with van der Waals surface area (Å²) in [5.74, 6) is 0.266. The summed E-state index contributed by atoms with van der Waals surface area (Å²) in [7, 11) is 1.71. The molecule has 0 amide bonds. The number of imidazole rings is 1. The van der Waals surface area contributed by atoms with Gasteiger partial charge in [-0.1, -0.05) is 23.2 Å². The molecule has 0 spiro atoms. The first-order chi connectivity index (χ1) is 12.6. The van der Waals surface area contributed by atoms with Crippen molar-refractivity contribution in [2.45, 2.75) is 32.4 Å². The van der Waals surface area contributed by atoms with E-state index in [-0.39, 0.29) is 27.0 Å². The molecule has 0 aliphatic heterocycles. The number of hydrogen-bond acceptors (Lipinski definition) is 5. The highest BCUT2D eigenvalue weighted by molar-refractivity contribution is 6.43. The van der Waals surface area contributed by atoms with Gasteiger partial charge in [-0.15, -0.1) is 0 Å². The van der Waals surface area contributed by atoms with Gasteiger partial charge in [0.1, 0.15) is 5.02 Å². The second-order valence-electron chi connectivity index (χ2n) is 6.83. The molecule has 1 aromatic carbocycles. The van der Waals surface area contributed by atoms with E-state index in [0.717, 1.165) is 11.0 Å². The van der Waals surface area contributed by atoms with Crippen LogP contribution in [0.5, 0.6) is 0 Å². The molecule has 0 bridgehead atoms. The summed E-state index contributed by atoms with van der Waals surface area (Å²) >= 11 is 17.9. The Balaban J connectivity index is 2.03. The highest BCUT2D eigenvalue weighted by Gasteiger charge is 2.17. The maximum Gasteiger partial charge on any atom is 0.328 e. The van der Waals surface area contributed by atoms with Gasteiger partial charge in [0.25, 0.3) is 0 Å². The van der Waals surface area contributed by atoms with Gasteiger partial charge in [0.05, 0.1) is 16.6 Å². The van der Waals surface area contributed by atoms with Gasteiger partial charge in [-0.2, -0.15) is 4.98 Å². The topological polar surface area (TPSA) is 85.0 Å². The van der Waals surface area contributed by atoms with E-state index in [2.05, 4.69) is 15.3 Å². The number of anilines is 2. The van der Waals surface area contributed by atoms with Crippen LogP contribution in [0.15, 0.2) is 23.0 Å². The highest BCUT2D eigenvalue weighted by Crippen LogP contribution is 2.31. The molecule has 7 nitrogen and oxygen atoms in total. The lowest BCUT2D eigenvalue weighted by atomic mass is 10.1. The molecule has 0 fully saturated rings. The van der Waals surface area contributed by atoms with E-state index in [9.17, 15) is 9.90 Å². The molecule has 10 heteroatoms. The Labute approximate surface area is 170 Å². The Bertz CT molecular complexity index is 1070. The van der Waals surface area contributed by atoms with Crippen molar-refractivity contribution >= 4 is 57.3 Å². The molecule has 0 saturated heterocycles. The van der Waals surface area contributed by atoms with Crippen molar-refractivity contribution in [3.8, 4) is 0 Å².